The van der Waals surface area contributed by atoms with E-state index in [1.165, 1.54) is 32.1 Å². The summed E-state index contributed by atoms with van der Waals surface area (Å²) in [6, 6.07) is 0.429. The fourth-order valence-corrected chi connectivity index (χ4v) is 2.54. The van der Waals surface area contributed by atoms with Crippen molar-refractivity contribution in [3.63, 3.8) is 0 Å². The summed E-state index contributed by atoms with van der Waals surface area (Å²) in [6.45, 7) is 5.26. The highest BCUT2D eigenvalue weighted by molar-refractivity contribution is 4.89. The smallest absolute Gasteiger partial charge is 0.0599 e. The van der Waals surface area contributed by atoms with E-state index in [4.69, 9.17) is 12.2 Å². The number of rotatable bonds is 5. The third-order valence-corrected chi connectivity index (χ3v) is 3.19. The maximum absolute atomic E-state index is 5.99. The Balaban J connectivity index is 2.32. The van der Waals surface area contributed by atoms with E-state index in [2.05, 4.69) is 17.7 Å². The maximum Gasteiger partial charge on any atom is 0.0599 e. The molecule has 2 atom stereocenters. The van der Waals surface area contributed by atoms with Crippen molar-refractivity contribution in [3.8, 4) is 12.3 Å². The maximum atomic E-state index is 5.99. The van der Waals surface area contributed by atoms with Crippen molar-refractivity contribution >= 4 is 0 Å². The molecule has 1 aliphatic rings. The molecule has 0 aromatic heterocycles. The lowest BCUT2D eigenvalue weighted by Crippen LogP contribution is -2.36. The van der Waals surface area contributed by atoms with Crippen LogP contribution in [-0.2, 0) is 0 Å². The molecule has 0 heterocycles. The highest BCUT2D eigenvalue weighted by Gasteiger charge is 2.20. The molecule has 15 heavy (non-hydrogen) atoms. The van der Waals surface area contributed by atoms with Crippen molar-refractivity contribution in [2.75, 3.05) is 19.6 Å². The van der Waals surface area contributed by atoms with E-state index in [1.807, 2.05) is 0 Å². The van der Waals surface area contributed by atoms with E-state index >= 15 is 0 Å². The van der Waals surface area contributed by atoms with Gasteiger partial charge in [0, 0.05) is 12.6 Å². The number of nitrogens with zero attached hydrogens (tertiary/aromatic N) is 1. The molecule has 0 spiro atoms. The highest BCUT2D eigenvalue weighted by Crippen LogP contribution is 2.23. The summed E-state index contributed by atoms with van der Waals surface area (Å²) in [4.78, 5) is 2.39. The molecule has 2 heteroatoms. The molecule has 1 saturated carbocycles. The van der Waals surface area contributed by atoms with Gasteiger partial charge in [0.05, 0.1) is 6.54 Å². The molecule has 1 rings (SSSR count). The average Bonchev–Trinajstić information content (AvgIpc) is 2.18. The van der Waals surface area contributed by atoms with Gasteiger partial charge < -0.3 is 5.73 Å². The van der Waals surface area contributed by atoms with Gasteiger partial charge in [-0.3, -0.25) is 4.90 Å². The lowest BCUT2D eigenvalue weighted by Gasteiger charge is -2.31. The van der Waals surface area contributed by atoms with E-state index in [0.717, 1.165) is 25.6 Å². The molecular formula is C13H24N2. The van der Waals surface area contributed by atoms with Crippen LogP contribution in [0.1, 0.15) is 39.0 Å². The fraction of sp³-hybridized carbons (Fsp3) is 0.846. The van der Waals surface area contributed by atoms with Gasteiger partial charge in [-0.2, -0.15) is 0 Å². The Kier molecular flexibility index (Phi) is 5.75. The first kappa shape index (κ1) is 12.5. The zero-order valence-electron chi connectivity index (χ0n) is 9.91. The van der Waals surface area contributed by atoms with Crippen molar-refractivity contribution in [2.24, 2.45) is 11.7 Å². The zero-order chi connectivity index (χ0) is 11.1. The summed E-state index contributed by atoms with van der Waals surface area (Å²) in [5.41, 5.74) is 5.99. The first-order valence-electron chi connectivity index (χ1n) is 6.17. The Morgan fingerprint density at radius 3 is 2.87 bits per heavy atom. The summed E-state index contributed by atoms with van der Waals surface area (Å²) in [5, 5.41) is 0. The SMILES string of the molecule is C#CCN(CCC)CC1CCCC(N)C1. The summed E-state index contributed by atoms with van der Waals surface area (Å²) in [6.07, 6.45) is 11.6. The first-order chi connectivity index (χ1) is 7.26. The molecule has 2 nitrogen and oxygen atoms in total. The van der Waals surface area contributed by atoms with Crippen molar-refractivity contribution in [1.29, 1.82) is 0 Å². The van der Waals surface area contributed by atoms with Crippen molar-refractivity contribution in [3.05, 3.63) is 0 Å². The molecule has 0 amide bonds. The van der Waals surface area contributed by atoms with Crippen molar-refractivity contribution in [2.45, 2.75) is 45.1 Å². The molecule has 0 radical (unpaired) electrons. The van der Waals surface area contributed by atoms with Crippen LogP contribution in [0.2, 0.25) is 0 Å². The molecule has 0 aliphatic heterocycles. The number of hydrogen-bond donors (Lipinski definition) is 1. The van der Waals surface area contributed by atoms with Crippen LogP contribution in [0.25, 0.3) is 0 Å². The largest absolute Gasteiger partial charge is 0.328 e. The van der Waals surface area contributed by atoms with Gasteiger partial charge in [-0.15, -0.1) is 6.42 Å². The molecule has 2 unspecified atom stereocenters. The van der Waals surface area contributed by atoms with Gasteiger partial charge in [0.15, 0.2) is 0 Å². The van der Waals surface area contributed by atoms with Gasteiger partial charge >= 0.3 is 0 Å². The zero-order valence-corrected chi connectivity index (χ0v) is 9.91. The minimum atomic E-state index is 0.429. The lowest BCUT2D eigenvalue weighted by molar-refractivity contribution is 0.209. The van der Waals surface area contributed by atoms with Crippen LogP contribution >= 0.6 is 0 Å². The Hall–Kier alpha value is -0.520. The normalized spacial score (nSPS) is 26.5. The summed E-state index contributed by atoms with van der Waals surface area (Å²) < 4.78 is 0. The van der Waals surface area contributed by atoms with Gasteiger partial charge in [0.1, 0.15) is 0 Å². The van der Waals surface area contributed by atoms with Gasteiger partial charge in [0.25, 0.3) is 0 Å². The van der Waals surface area contributed by atoms with Crippen LogP contribution in [0.3, 0.4) is 0 Å². The van der Waals surface area contributed by atoms with Crippen LogP contribution in [0.15, 0.2) is 0 Å². The number of nitrogens with two attached hydrogens (primary N) is 1. The molecular weight excluding hydrogens is 184 g/mol. The topological polar surface area (TPSA) is 29.3 Å². The summed E-state index contributed by atoms with van der Waals surface area (Å²) in [7, 11) is 0. The Morgan fingerprint density at radius 1 is 1.47 bits per heavy atom. The van der Waals surface area contributed by atoms with E-state index in [0.29, 0.717) is 6.04 Å². The van der Waals surface area contributed by atoms with Crippen LogP contribution < -0.4 is 5.73 Å². The van der Waals surface area contributed by atoms with E-state index in [9.17, 15) is 0 Å². The van der Waals surface area contributed by atoms with Gasteiger partial charge in [-0.25, -0.2) is 0 Å². The van der Waals surface area contributed by atoms with Crippen molar-refractivity contribution in [1.82, 2.24) is 4.90 Å². The second kappa shape index (κ2) is 6.87. The molecule has 2 N–H and O–H groups in total. The highest BCUT2D eigenvalue weighted by atomic mass is 15.1. The number of hydrogen-bond acceptors (Lipinski definition) is 2. The van der Waals surface area contributed by atoms with Gasteiger partial charge in [-0.05, 0) is 38.1 Å². The Morgan fingerprint density at radius 2 is 2.27 bits per heavy atom. The number of terminal acetylenes is 1. The third-order valence-electron chi connectivity index (χ3n) is 3.19. The van der Waals surface area contributed by atoms with Gasteiger partial charge in [-0.1, -0.05) is 19.3 Å². The molecule has 0 aromatic carbocycles. The molecule has 0 aromatic rings. The van der Waals surface area contributed by atoms with Crippen LogP contribution in [0, 0.1) is 18.3 Å². The second-order valence-electron chi connectivity index (χ2n) is 4.73. The molecule has 86 valence electrons. The second-order valence-corrected chi connectivity index (χ2v) is 4.73. The van der Waals surface area contributed by atoms with E-state index < -0.39 is 0 Å². The standard InChI is InChI=1S/C13H24N2/c1-3-8-15(9-4-2)11-12-6-5-7-13(14)10-12/h1,12-13H,4-11,14H2,2H3. The predicted molar refractivity (Wildman–Crippen MR) is 65.5 cm³/mol. The van der Waals surface area contributed by atoms with E-state index in [-0.39, 0.29) is 0 Å². The average molecular weight is 208 g/mol. The molecule has 1 fully saturated rings. The van der Waals surface area contributed by atoms with Crippen LogP contribution in [0.4, 0.5) is 0 Å². The van der Waals surface area contributed by atoms with E-state index in [1.54, 1.807) is 0 Å². The molecule has 1 aliphatic carbocycles. The fourth-order valence-electron chi connectivity index (χ4n) is 2.54. The predicted octanol–water partition coefficient (Wildman–Crippen LogP) is 1.85. The molecule has 0 bridgehead atoms. The van der Waals surface area contributed by atoms with Crippen LogP contribution in [-0.4, -0.2) is 30.6 Å². The van der Waals surface area contributed by atoms with Gasteiger partial charge in [0.2, 0.25) is 0 Å². The van der Waals surface area contributed by atoms with Crippen LogP contribution in [0.5, 0.6) is 0 Å². The monoisotopic (exact) mass is 208 g/mol. The Labute approximate surface area is 94.2 Å². The first-order valence-corrected chi connectivity index (χ1v) is 6.17. The quantitative estimate of drug-likeness (QED) is 0.699. The minimum absolute atomic E-state index is 0.429. The third kappa shape index (κ3) is 4.68. The lowest BCUT2D eigenvalue weighted by atomic mass is 9.86. The Bertz CT molecular complexity index is 207. The summed E-state index contributed by atoms with van der Waals surface area (Å²) >= 11 is 0. The molecule has 0 saturated heterocycles. The minimum Gasteiger partial charge on any atom is -0.328 e. The summed E-state index contributed by atoms with van der Waals surface area (Å²) in [5.74, 6) is 3.52. The van der Waals surface area contributed by atoms with Crippen molar-refractivity contribution < 1.29 is 0 Å².